The van der Waals surface area contributed by atoms with Crippen molar-refractivity contribution in [1.29, 1.82) is 0 Å². The highest BCUT2D eigenvalue weighted by molar-refractivity contribution is 7.89. The molecule has 2 saturated heterocycles. The van der Waals surface area contributed by atoms with Gasteiger partial charge in [0.05, 0.1) is 0 Å². The second kappa shape index (κ2) is 8.23. The van der Waals surface area contributed by atoms with Crippen LogP contribution in [0.5, 0.6) is 0 Å². The number of likely N-dealkylation sites (tertiary alicyclic amines) is 1. The predicted octanol–water partition coefficient (Wildman–Crippen LogP) is 2.86. The molecule has 0 atom stereocenters. The molecule has 1 aromatic heterocycles. The quantitative estimate of drug-likeness (QED) is 0.785. The number of rotatable bonds is 5. The van der Waals surface area contributed by atoms with Gasteiger partial charge in [0.2, 0.25) is 10.0 Å². The van der Waals surface area contributed by atoms with Crippen LogP contribution in [0, 0.1) is 6.92 Å². The minimum atomic E-state index is -3.67. The molecule has 1 aromatic carbocycles. The molecule has 0 aliphatic carbocycles. The third-order valence-electron chi connectivity index (χ3n) is 5.54. The fourth-order valence-corrected chi connectivity index (χ4v) is 5.60. The average molecular weight is 432 g/mol. The summed E-state index contributed by atoms with van der Waals surface area (Å²) in [6, 6.07) is 7.99. The van der Waals surface area contributed by atoms with E-state index >= 15 is 0 Å². The lowest BCUT2D eigenvalue weighted by Gasteiger charge is -2.15. The summed E-state index contributed by atoms with van der Waals surface area (Å²) in [7, 11) is -3.67. The number of carbonyl (C=O) groups is 2. The van der Waals surface area contributed by atoms with Gasteiger partial charge in [-0.05, 0) is 50.8 Å². The first-order chi connectivity index (χ1) is 14.4. The minimum Gasteiger partial charge on any atom is -0.455 e. The van der Waals surface area contributed by atoms with Crippen molar-refractivity contribution in [2.45, 2.75) is 37.5 Å². The van der Waals surface area contributed by atoms with E-state index in [1.54, 1.807) is 29.2 Å². The maximum absolute atomic E-state index is 12.8. The van der Waals surface area contributed by atoms with E-state index in [1.165, 1.54) is 17.3 Å². The number of sulfonamides is 1. The van der Waals surface area contributed by atoms with E-state index in [0.29, 0.717) is 24.3 Å². The average Bonchev–Trinajstić information content (AvgIpc) is 3.48. The first-order valence-electron chi connectivity index (χ1n) is 10.2. The summed E-state index contributed by atoms with van der Waals surface area (Å²) in [5, 5.41) is 2.69. The molecule has 2 aliphatic rings. The zero-order valence-corrected chi connectivity index (χ0v) is 17.7. The summed E-state index contributed by atoms with van der Waals surface area (Å²) in [5.74, 6) is -0.519. The Balaban J connectivity index is 1.51. The highest BCUT2D eigenvalue weighted by Crippen LogP contribution is 2.27. The van der Waals surface area contributed by atoms with Crippen molar-refractivity contribution >= 4 is 27.5 Å². The standard InChI is InChI=1S/C21H25N3O5S/c1-15-19(30(27,28)24-11-4-5-12-24)14-18(29-15)20(25)22-17-8-6-7-16(13-17)21(26)23-9-2-3-10-23/h6-8,13-14H,2-5,9-12H2,1H3,(H,22,25). The molecule has 4 rings (SSSR count). The van der Waals surface area contributed by atoms with Gasteiger partial charge in [-0.3, -0.25) is 9.59 Å². The number of nitrogens with zero attached hydrogens (tertiary/aromatic N) is 2. The van der Waals surface area contributed by atoms with E-state index in [0.717, 1.165) is 38.8 Å². The Kier molecular flexibility index (Phi) is 5.66. The van der Waals surface area contributed by atoms with E-state index in [9.17, 15) is 18.0 Å². The third kappa shape index (κ3) is 3.99. The molecule has 3 heterocycles. The number of furan rings is 1. The molecule has 2 fully saturated rings. The summed E-state index contributed by atoms with van der Waals surface area (Å²) >= 11 is 0. The van der Waals surface area contributed by atoms with Gasteiger partial charge in [-0.25, -0.2) is 8.42 Å². The Bertz CT molecular complexity index is 1060. The number of amides is 2. The molecule has 2 aromatic rings. The van der Waals surface area contributed by atoms with Gasteiger partial charge in [0.25, 0.3) is 11.8 Å². The van der Waals surface area contributed by atoms with Crippen LogP contribution in [-0.2, 0) is 10.0 Å². The van der Waals surface area contributed by atoms with Crippen LogP contribution in [-0.4, -0.2) is 55.6 Å². The van der Waals surface area contributed by atoms with Crippen molar-refractivity contribution in [3.63, 3.8) is 0 Å². The van der Waals surface area contributed by atoms with Crippen molar-refractivity contribution in [2.24, 2.45) is 0 Å². The van der Waals surface area contributed by atoms with E-state index in [4.69, 9.17) is 4.42 Å². The lowest BCUT2D eigenvalue weighted by atomic mass is 10.1. The van der Waals surface area contributed by atoms with Crippen LogP contribution in [0.4, 0.5) is 5.69 Å². The second-order valence-corrected chi connectivity index (χ2v) is 9.58. The van der Waals surface area contributed by atoms with Gasteiger partial charge in [0, 0.05) is 43.5 Å². The first-order valence-corrected chi connectivity index (χ1v) is 11.6. The highest BCUT2D eigenvalue weighted by Gasteiger charge is 2.31. The lowest BCUT2D eigenvalue weighted by Crippen LogP contribution is -2.28. The van der Waals surface area contributed by atoms with E-state index in [2.05, 4.69) is 5.32 Å². The van der Waals surface area contributed by atoms with Crippen molar-refractivity contribution in [3.8, 4) is 0 Å². The Morgan fingerprint density at radius 1 is 1.00 bits per heavy atom. The van der Waals surface area contributed by atoms with E-state index in [1.807, 2.05) is 0 Å². The first kappa shape index (κ1) is 20.6. The summed E-state index contributed by atoms with van der Waals surface area (Å²) in [5.41, 5.74) is 0.950. The van der Waals surface area contributed by atoms with Crippen molar-refractivity contribution in [2.75, 3.05) is 31.5 Å². The number of benzene rings is 1. The molecule has 2 aliphatic heterocycles. The molecule has 30 heavy (non-hydrogen) atoms. The van der Waals surface area contributed by atoms with Crippen molar-refractivity contribution in [1.82, 2.24) is 9.21 Å². The fraction of sp³-hybridized carbons (Fsp3) is 0.429. The fourth-order valence-electron chi connectivity index (χ4n) is 3.93. The van der Waals surface area contributed by atoms with Gasteiger partial charge in [0.15, 0.2) is 5.76 Å². The van der Waals surface area contributed by atoms with E-state index < -0.39 is 15.9 Å². The Labute approximate surface area is 175 Å². The monoisotopic (exact) mass is 431 g/mol. The molecule has 0 unspecified atom stereocenters. The summed E-state index contributed by atoms with van der Waals surface area (Å²) < 4.78 is 32.5. The third-order valence-corrected chi connectivity index (χ3v) is 7.55. The number of hydrogen-bond acceptors (Lipinski definition) is 5. The SMILES string of the molecule is Cc1oc(C(=O)Nc2cccc(C(=O)N3CCCC3)c2)cc1S(=O)(=O)N1CCCC1. The zero-order valence-electron chi connectivity index (χ0n) is 16.9. The normalized spacial score (nSPS) is 17.4. The number of nitrogens with one attached hydrogen (secondary N) is 1. The van der Waals surface area contributed by atoms with Crippen LogP contribution in [0.25, 0.3) is 0 Å². The molecule has 8 nitrogen and oxygen atoms in total. The second-order valence-electron chi connectivity index (χ2n) is 7.68. The van der Waals surface area contributed by atoms with Gasteiger partial charge in [0.1, 0.15) is 10.7 Å². The highest BCUT2D eigenvalue weighted by atomic mass is 32.2. The molecule has 160 valence electrons. The largest absolute Gasteiger partial charge is 0.455 e. The van der Waals surface area contributed by atoms with Gasteiger partial charge in [-0.15, -0.1) is 0 Å². The van der Waals surface area contributed by atoms with Crippen molar-refractivity contribution < 1.29 is 22.4 Å². The summed E-state index contributed by atoms with van der Waals surface area (Å²) in [4.78, 5) is 27.0. The maximum atomic E-state index is 12.8. The lowest BCUT2D eigenvalue weighted by molar-refractivity contribution is 0.0792. The molecular weight excluding hydrogens is 406 g/mol. The Morgan fingerprint density at radius 3 is 2.37 bits per heavy atom. The number of hydrogen-bond donors (Lipinski definition) is 1. The molecular formula is C21H25N3O5S. The molecule has 2 amide bonds. The number of carbonyl (C=O) groups excluding carboxylic acids is 2. The van der Waals surface area contributed by atoms with Gasteiger partial charge in [-0.1, -0.05) is 6.07 Å². The van der Waals surface area contributed by atoms with Crippen LogP contribution in [0.1, 0.15) is 52.4 Å². The number of anilines is 1. The Hall–Kier alpha value is -2.65. The Morgan fingerprint density at radius 2 is 1.67 bits per heavy atom. The van der Waals surface area contributed by atoms with Crippen LogP contribution >= 0.6 is 0 Å². The topological polar surface area (TPSA) is 99.9 Å². The van der Waals surface area contributed by atoms with E-state index in [-0.39, 0.29) is 22.3 Å². The molecule has 0 radical (unpaired) electrons. The molecule has 0 saturated carbocycles. The summed E-state index contributed by atoms with van der Waals surface area (Å²) in [6.07, 6.45) is 3.66. The molecule has 0 bridgehead atoms. The van der Waals surface area contributed by atoms with Gasteiger partial charge < -0.3 is 14.6 Å². The molecule has 9 heteroatoms. The maximum Gasteiger partial charge on any atom is 0.291 e. The van der Waals surface area contributed by atoms with Gasteiger partial charge >= 0.3 is 0 Å². The molecule has 0 spiro atoms. The summed E-state index contributed by atoms with van der Waals surface area (Å²) in [6.45, 7) is 3.98. The van der Waals surface area contributed by atoms with Crippen LogP contribution in [0.15, 0.2) is 39.6 Å². The zero-order chi connectivity index (χ0) is 21.3. The van der Waals surface area contributed by atoms with Crippen LogP contribution in [0.3, 0.4) is 0 Å². The number of aryl methyl sites for hydroxylation is 1. The smallest absolute Gasteiger partial charge is 0.291 e. The van der Waals surface area contributed by atoms with Crippen molar-refractivity contribution in [3.05, 3.63) is 47.4 Å². The predicted molar refractivity (Wildman–Crippen MR) is 111 cm³/mol. The van der Waals surface area contributed by atoms with Crippen LogP contribution < -0.4 is 5.32 Å². The molecule has 1 N–H and O–H groups in total. The minimum absolute atomic E-state index is 0.0208. The van der Waals surface area contributed by atoms with Crippen LogP contribution in [0.2, 0.25) is 0 Å². The van der Waals surface area contributed by atoms with Gasteiger partial charge in [-0.2, -0.15) is 4.31 Å².